The molecule has 164 valence electrons. The van der Waals surface area contributed by atoms with Crippen LogP contribution in [0.25, 0.3) is 0 Å². The lowest BCUT2D eigenvalue weighted by Crippen LogP contribution is -2.38. The highest BCUT2D eigenvalue weighted by Crippen LogP contribution is 2.27. The molecule has 0 atom stereocenters. The highest BCUT2D eigenvalue weighted by molar-refractivity contribution is 6.01. The number of aromatic nitrogens is 1. The van der Waals surface area contributed by atoms with Crippen molar-refractivity contribution in [3.05, 3.63) is 63.3 Å². The zero-order valence-corrected chi connectivity index (χ0v) is 17.8. The topological polar surface area (TPSA) is 90.0 Å². The van der Waals surface area contributed by atoms with E-state index in [0.717, 1.165) is 31.2 Å². The zero-order valence-electron chi connectivity index (χ0n) is 17.8. The molecule has 0 unspecified atom stereocenters. The molecule has 4 rings (SSSR count). The Balaban J connectivity index is 1.79. The van der Waals surface area contributed by atoms with Gasteiger partial charge in [0.1, 0.15) is 5.49 Å². The fourth-order valence-corrected chi connectivity index (χ4v) is 4.28. The van der Waals surface area contributed by atoms with Gasteiger partial charge in [-0.05, 0) is 43.5 Å². The molecule has 0 N–H and O–H groups in total. The van der Waals surface area contributed by atoms with Gasteiger partial charge in [-0.15, -0.1) is 0 Å². The summed E-state index contributed by atoms with van der Waals surface area (Å²) in [7, 11) is 0. The number of nitro benzene ring substituents is 1. The second-order valence-electron chi connectivity index (χ2n) is 8.22. The van der Waals surface area contributed by atoms with Crippen LogP contribution in [0.3, 0.4) is 0 Å². The molecule has 31 heavy (non-hydrogen) atoms. The largest absolute Gasteiger partial charge is 0.378 e. The summed E-state index contributed by atoms with van der Waals surface area (Å²) in [6.07, 6.45) is 7.31. The Kier molecular flexibility index (Phi) is 6.46. The number of anilines is 1. The zero-order chi connectivity index (χ0) is 21.8. The molecule has 2 heterocycles. The van der Waals surface area contributed by atoms with E-state index >= 15 is 0 Å². The molecule has 0 bridgehead atoms. The fraction of sp³-hybridized carbons (Fsp3) is 0.478. The van der Waals surface area contributed by atoms with Crippen LogP contribution in [0.1, 0.15) is 48.0 Å². The van der Waals surface area contributed by atoms with Gasteiger partial charge in [0.05, 0.1) is 35.4 Å². The van der Waals surface area contributed by atoms with Crippen molar-refractivity contribution in [2.75, 3.05) is 31.2 Å². The third kappa shape index (κ3) is 4.85. The summed E-state index contributed by atoms with van der Waals surface area (Å²) < 4.78 is 6.96. The average Bonchev–Trinajstić information content (AvgIpc) is 2.79. The van der Waals surface area contributed by atoms with Gasteiger partial charge in [-0.1, -0.05) is 19.3 Å². The molecule has 1 aliphatic heterocycles. The molecule has 2 aliphatic rings. The molecule has 1 saturated carbocycles. The molecule has 8 heteroatoms. The molecule has 1 aliphatic carbocycles. The van der Waals surface area contributed by atoms with Crippen molar-refractivity contribution >= 4 is 17.3 Å². The number of carbonyl (C=O) groups excluding carboxylic acids is 1. The van der Waals surface area contributed by atoms with Gasteiger partial charge in [0, 0.05) is 31.4 Å². The van der Waals surface area contributed by atoms with Gasteiger partial charge in [-0.3, -0.25) is 24.5 Å². The maximum absolute atomic E-state index is 13.7. The Morgan fingerprint density at radius 3 is 2.58 bits per heavy atom. The van der Waals surface area contributed by atoms with Gasteiger partial charge >= 0.3 is 0 Å². The van der Waals surface area contributed by atoms with Gasteiger partial charge in [0.2, 0.25) is 0 Å². The number of aryl methyl sites for hydroxylation is 1. The van der Waals surface area contributed by atoms with Crippen molar-refractivity contribution in [2.45, 2.75) is 45.1 Å². The highest BCUT2D eigenvalue weighted by atomic mass is 16.6. The van der Waals surface area contributed by atoms with Gasteiger partial charge < -0.3 is 9.64 Å². The second kappa shape index (κ2) is 9.43. The van der Waals surface area contributed by atoms with E-state index in [4.69, 9.17) is 9.73 Å². The van der Waals surface area contributed by atoms with Crippen molar-refractivity contribution in [3.63, 3.8) is 0 Å². The van der Waals surface area contributed by atoms with Gasteiger partial charge in [-0.25, -0.2) is 0 Å². The summed E-state index contributed by atoms with van der Waals surface area (Å²) in [5, 5.41) is 11.4. The summed E-state index contributed by atoms with van der Waals surface area (Å²) in [6, 6.07) is 8.49. The molecule has 1 aromatic carbocycles. The molecular formula is C23H28N4O4. The lowest BCUT2D eigenvalue weighted by molar-refractivity contribution is -0.384. The molecule has 0 spiro atoms. The molecule has 0 radical (unpaired) electrons. The Morgan fingerprint density at radius 1 is 1.13 bits per heavy atom. The van der Waals surface area contributed by atoms with E-state index in [-0.39, 0.29) is 17.6 Å². The van der Waals surface area contributed by atoms with Gasteiger partial charge in [0.25, 0.3) is 11.6 Å². The van der Waals surface area contributed by atoms with Crippen LogP contribution in [0.5, 0.6) is 0 Å². The molecule has 1 saturated heterocycles. The lowest BCUT2D eigenvalue weighted by Gasteiger charge is -2.30. The number of hydrogen-bond acceptors (Lipinski definition) is 6. The average molecular weight is 425 g/mol. The van der Waals surface area contributed by atoms with Crippen LogP contribution in [-0.2, 0) is 4.74 Å². The lowest BCUT2D eigenvalue weighted by atomic mass is 9.96. The van der Waals surface area contributed by atoms with Crippen molar-refractivity contribution in [3.8, 4) is 0 Å². The molecule has 0 amide bonds. The highest BCUT2D eigenvalue weighted by Gasteiger charge is 2.23. The predicted octanol–water partition coefficient (Wildman–Crippen LogP) is 3.46. The van der Waals surface area contributed by atoms with E-state index in [2.05, 4.69) is 0 Å². The van der Waals surface area contributed by atoms with Crippen LogP contribution in [0.15, 0.2) is 41.5 Å². The first kappa shape index (κ1) is 21.2. The number of carbonyl (C=O) groups is 1. The number of benzene rings is 1. The third-order valence-corrected chi connectivity index (χ3v) is 5.97. The molecule has 1 aromatic heterocycles. The number of nitrogens with zero attached hydrogens (tertiary/aromatic N) is 4. The van der Waals surface area contributed by atoms with Crippen LogP contribution in [0.2, 0.25) is 0 Å². The summed E-state index contributed by atoms with van der Waals surface area (Å²) in [5.41, 5.74) is 2.53. The maximum Gasteiger partial charge on any atom is 0.270 e. The number of nitro groups is 1. The predicted molar refractivity (Wildman–Crippen MR) is 117 cm³/mol. The first-order chi connectivity index (χ1) is 15.0. The van der Waals surface area contributed by atoms with Crippen LogP contribution in [0, 0.1) is 17.0 Å². The maximum atomic E-state index is 13.7. The number of ether oxygens (including phenoxy) is 1. The fourth-order valence-electron chi connectivity index (χ4n) is 4.28. The third-order valence-electron chi connectivity index (χ3n) is 5.97. The van der Waals surface area contributed by atoms with Crippen molar-refractivity contribution < 1.29 is 14.5 Å². The number of morpholine rings is 1. The minimum absolute atomic E-state index is 0.0983. The Morgan fingerprint density at radius 2 is 1.87 bits per heavy atom. The number of non-ortho nitro benzene ring substituents is 1. The smallest absolute Gasteiger partial charge is 0.270 e. The molecular weight excluding hydrogens is 396 g/mol. The SMILES string of the molecule is Cc1ccn(C(=O)c2cc([N+](=O)[O-])ccc2N2CCOCC2)c(=NC2CCCCC2)c1. The first-order valence-electron chi connectivity index (χ1n) is 10.9. The van der Waals surface area contributed by atoms with E-state index in [0.29, 0.717) is 43.0 Å². The van der Waals surface area contributed by atoms with Crippen LogP contribution >= 0.6 is 0 Å². The normalized spacial score (nSPS) is 18.2. The van der Waals surface area contributed by atoms with E-state index in [1.807, 2.05) is 24.0 Å². The monoisotopic (exact) mass is 424 g/mol. The van der Waals surface area contributed by atoms with Crippen molar-refractivity contribution in [1.82, 2.24) is 4.57 Å². The standard InChI is InChI=1S/C23H28N4O4/c1-17-9-10-26(22(15-17)24-18-5-3-2-4-6-18)23(28)20-16-19(27(29)30)7-8-21(20)25-11-13-31-14-12-25/h7-10,15-16,18H,2-6,11-14H2,1H3. The summed E-state index contributed by atoms with van der Waals surface area (Å²) in [5.74, 6) is -0.306. The first-order valence-corrected chi connectivity index (χ1v) is 10.9. The summed E-state index contributed by atoms with van der Waals surface area (Å²) in [6.45, 7) is 4.36. The quantitative estimate of drug-likeness (QED) is 0.554. The Hall–Kier alpha value is -3.00. The number of rotatable bonds is 4. The van der Waals surface area contributed by atoms with Crippen LogP contribution in [0.4, 0.5) is 11.4 Å². The second-order valence-corrected chi connectivity index (χ2v) is 8.22. The number of pyridine rings is 1. The van der Waals surface area contributed by atoms with Gasteiger partial charge in [0.15, 0.2) is 0 Å². The number of hydrogen-bond donors (Lipinski definition) is 0. The minimum Gasteiger partial charge on any atom is -0.378 e. The summed E-state index contributed by atoms with van der Waals surface area (Å²) in [4.78, 5) is 31.6. The van der Waals surface area contributed by atoms with Crippen LogP contribution < -0.4 is 10.4 Å². The molecule has 8 nitrogen and oxygen atoms in total. The molecule has 2 aromatic rings. The van der Waals surface area contributed by atoms with Crippen molar-refractivity contribution in [2.24, 2.45) is 4.99 Å². The van der Waals surface area contributed by atoms with E-state index in [9.17, 15) is 14.9 Å². The Labute approximate surface area is 181 Å². The van der Waals surface area contributed by atoms with E-state index in [1.54, 1.807) is 12.3 Å². The summed E-state index contributed by atoms with van der Waals surface area (Å²) >= 11 is 0. The Bertz CT molecular complexity index is 1030. The van der Waals surface area contributed by atoms with Crippen molar-refractivity contribution in [1.29, 1.82) is 0 Å². The minimum atomic E-state index is -0.465. The molecule has 2 fully saturated rings. The van der Waals surface area contributed by atoms with Crippen LogP contribution in [-0.4, -0.2) is 47.7 Å². The van der Waals surface area contributed by atoms with Gasteiger partial charge in [-0.2, -0.15) is 0 Å². The van der Waals surface area contributed by atoms with E-state index < -0.39 is 4.92 Å². The van der Waals surface area contributed by atoms with E-state index in [1.165, 1.54) is 23.1 Å².